The van der Waals surface area contributed by atoms with Crippen LogP contribution in [0.5, 0.6) is 11.5 Å². The third-order valence-corrected chi connectivity index (χ3v) is 6.24. The minimum Gasteiger partial charge on any atom is -0.456 e. The van der Waals surface area contributed by atoms with Gasteiger partial charge in [-0.3, -0.25) is 4.79 Å². The fraction of sp³-hybridized carbons (Fsp3) is 0.350. The Kier molecular flexibility index (Phi) is 8.94. The average molecular weight is 427 g/mol. The van der Waals surface area contributed by atoms with Crippen LogP contribution in [0.3, 0.4) is 0 Å². The number of nitrogens with two attached hydrogens (primary N) is 1. The number of rotatable bonds is 8. The molecule has 0 aliphatic rings. The summed E-state index contributed by atoms with van der Waals surface area (Å²) in [5, 5.41) is 2.78. The SMILES string of the molecule is CCC(C)C(N)C(=O)Nc1ccc(Oc2ccccc2S(=O)(=O)CC)cc1.Cl. The fourth-order valence-corrected chi connectivity index (χ4v) is 3.43. The zero-order chi connectivity index (χ0) is 20.0. The minimum absolute atomic E-state index is 0. The smallest absolute Gasteiger partial charge is 0.241 e. The van der Waals surface area contributed by atoms with Gasteiger partial charge in [0, 0.05) is 5.69 Å². The van der Waals surface area contributed by atoms with Crippen molar-refractivity contribution in [2.75, 3.05) is 11.1 Å². The number of halogens is 1. The number of hydrogen-bond acceptors (Lipinski definition) is 5. The van der Waals surface area contributed by atoms with E-state index in [0.717, 1.165) is 6.42 Å². The quantitative estimate of drug-likeness (QED) is 0.664. The Morgan fingerprint density at radius 2 is 1.71 bits per heavy atom. The molecule has 0 bridgehead atoms. The lowest BCUT2D eigenvalue weighted by Gasteiger charge is -2.18. The molecule has 0 fully saturated rings. The predicted octanol–water partition coefficient (Wildman–Crippen LogP) is 4.01. The molecule has 0 heterocycles. The molecule has 2 rings (SSSR count). The minimum atomic E-state index is -3.39. The summed E-state index contributed by atoms with van der Waals surface area (Å²) in [5.74, 6) is 0.587. The second-order valence-electron chi connectivity index (χ2n) is 6.38. The molecule has 0 spiro atoms. The first-order valence-corrected chi connectivity index (χ1v) is 10.6. The molecular weight excluding hydrogens is 400 g/mol. The number of carbonyl (C=O) groups excluding carboxylic acids is 1. The number of nitrogens with one attached hydrogen (secondary N) is 1. The second-order valence-corrected chi connectivity index (χ2v) is 8.62. The molecule has 0 aromatic heterocycles. The molecule has 154 valence electrons. The highest BCUT2D eigenvalue weighted by molar-refractivity contribution is 7.91. The van der Waals surface area contributed by atoms with Gasteiger partial charge >= 0.3 is 0 Å². The van der Waals surface area contributed by atoms with Crippen LogP contribution in [-0.2, 0) is 14.6 Å². The van der Waals surface area contributed by atoms with E-state index in [2.05, 4.69) is 5.32 Å². The van der Waals surface area contributed by atoms with Gasteiger partial charge in [0.25, 0.3) is 0 Å². The predicted molar refractivity (Wildman–Crippen MR) is 114 cm³/mol. The lowest BCUT2D eigenvalue weighted by molar-refractivity contribution is -0.118. The maximum Gasteiger partial charge on any atom is 0.241 e. The van der Waals surface area contributed by atoms with Crippen LogP contribution < -0.4 is 15.8 Å². The van der Waals surface area contributed by atoms with Crippen molar-refractivity contribution < 1.29 is 17.9 Å². The first-order chi connectivity index (χ1) is 12.8. The van der Waals surface area contributed by atoms with E-state index in [0.29, 0.717) is 11.4 Å². The summed E-state index contributed by atoms with van der Waals surface area (Å²) in [5.41, 5.74) is 6.53. The summed E-state index contributed by atoms with van der Waals surface area (Å²) in [6, 6.07) is 12.7. The molecule has 1 amide bonds. The van der Waals surface area contributed by atoms with E-state index in [1.807, 2.05) is 13.8 Å². The van der Waals surface area contributed by atoms with Gasteiger partial charge in [-0.25, -0.2) is 8.42 Å². The third kappa shape index (κ3) is 5.95. The van der Waals surface area contributed by atoms with Gasteiger partial charge in [0.2, 0.25) is 5.91 Å². The van der Waals surface area contributed by atoms with E-state index in [1.54, 1.807) is 49.4 Å². The molecule has 0 saturated heterocycles. The molecule has 8 heteroatoms. The van der Waals surface area contributed by atoms with E-state index in [-0.39, 0.29) is 40.6 Å². The van der Waals surface area contributed by atoms with Crippen LogP contribution in [0.4, 0.5) is 5.69 Å². The van der Waals surface area contributed by atoms with Crippen molar-refractivity contribution in [3.63, 3.8) is 0 Å². The molecule has 0 saturated carbocycles. The van der Waals surface area contributed by atoms with Crippen molar-refractivity contribution in [3.05, 3.63) is 48.5 Å². The Hall–Kier alpha value is -2.09. The van der Waals surface area contributed by atoms with E-state index in [4.69, 9.17) is 10.5 Å². The standard InChI is InChI=1S/C20H26N2O4S.ClH/c1-4-14(3)19(21)20(23)22-15-10-12-16(13-11-15)26-17-8-6-7-9-18(17)27(24,25)5-2;/h6-14,19H,4-5,21H2,1-3H3,(H,22,23);1H. The second kappa shape index (κ2) is 10.5. The van der Waals surface area contributed by atoms with Crippen molar-refractivity contribution in [2.24, 2.45) is 11.7 Å². The Morgan fingerprint density at radius 3 is 2.29 bits per heavy atom. The Morgan fingerprint density at radius 1 is 1.11 bits per heavy atom. The van der Waals surface area contributed by atoms with Crippen LogP contribution in [0, 0.1) is 5.92 Å². The third-order valence-electron chi connectivity index (χ3n) is 4.47. The van der Waals surface area contributed by atoms with Gasteiger partial charge in [-0.05, 0) is 42.3 Å². The zero-order valence-corrected chi connectivity index (χ0v) is 17.8. The number of carbonyl (C=O) groups is 1. The zero-order valence-electron chi connectivity index (χ0n) is 16.2. The molecule has 0 aliphatic carbocycles. The number of ether oxygens (including phenoxy) is 1. The monoisotopic (exact) mass is 426 g/mol. The van der Waals surface area contributed by atoms with Gasteiger partial charge in [0.1, 0.15) is 16.4 Å². The largest absolute Gasteiger partial charge is 0.456 e. The first-order valence-electron chi connectivity index (χ1n) is 8.94. The van der Waals surface area contributed by atoms with Crippen LogP contribution in [0.1, 0.15) is 27.2 Å². The maximum absolute atomic E-state index is 12.2. The first kappa shape index (κ1) is 23.9. The lowest BCUT2D eigenvalue weighted by Crippen LogP contribution is -2.40. The van der Waals surface area contributed by atoms with Crippen LogP contribution in [0.2, 0.25) is 0 Å². The summed E-state index contributed by atoms with van der Waals surface area (Å²) in [6.07, 6.45) is 0.821. The van der Waals surface area contributed by atoms with Gasteiger partial charge in [0.05, 0.1) is 11.8 Å². The van der Waals surface area contributed by atoms with Gasteiger partial charge in [0.15, 0.2) is 9.84 Å². The summed E-state index contributed by atoms with van der Waals surface area (Å²) >= 11 is 0. The number of anilines is 1. The molecule has 2 aromatic carbocycles. The Bertz CT molecular complexity index is 885. The molecule has 2 aromatic rings. The topological polar surface area (TPSA) is 98.5 Å². The molecule has 6 nitrogen and oxygen atoms in total. The number of benzene rings is 2. The van der Waals surface area contributed by atoms with Gasteiger partial charge in [-0.15, -0.1) is 12.4 Å². The highest BCUT2D eigenvalue weighted by atomic mass is 35.5. The highest BCUT2D eigenvalue weighted by Gasteiger charge is 2.20. The van der Waals surface area contributed by atoms with Crippen LogP contribution in [0.15, 0.2) is 53.4 Å². The molecule has 0 radical (unpaired) electrons. The molecule has 0 aliphatic heterocycles. The van der Waals surface area contributed by atoms with Gasteiger partial charge < -0.3 is 15.8 Å². The van der Waals surface area contributed by atoms with E-state index in [9.17, 15) is 13.2 Å². The molecule has 3 N–H and O–H groups in total. The van der Waals surface area contributed by atoms with Crippen molar-refractivity contribution in [2.45, 2.75) is 38.1 Å². The number of sulfone groups is 1. The van der Waals surface area contributed by atoms with Crippen LogP contribution in [-0.4, -0.2) is 26.1 Å². The normalized spacial score (nSPS) is 13.1. The summed E-state index contributed by atoms with van der Waals surface area (Å²) in [7, 11) is -3.39. The van der Waals surface area contributed by atoms with E-state index in [1.165, 1.54) is 6.07 Å². The molecule has 28 heavy (non-hydrogen) atoms. The Labute approximate surface area is 172 Å². The van der Waals surface area contributed by atoms with Crippen LogP contribution in [0.25, 0.3) is 0 Å². The van der Waals surface area contributed by atoms with E-state index >= 15 is 0 Å². The van der Waals surface area contributed by atoms with Crippen molar-refractivity contribution in [1.29, 1.82) is 0 Å². The Balaban J connectivity index is 0.00000392. The van der Waals surface area contributed by atoms with Crippen molar-refractivity contribution >= 4 is 33.8 Å². The van der Waals surface area contributed by atoms with E-state index < -0.39 is 15.9 Å². The summed E-state index contributed by atoms with van der Waals surface area (Å²) in [4.78, 5) is 12.3. The van der Waals surface area contributed by atoms with Crippen molar-refractivity contribution in [1.82, 2.24) is 0 Å². The maximum atomic E-state index is 12.2. The fourth-order valence-electron chi connectivity index (χ4n) is 2.42. The molecular formula is C20H27ClN2O4S. The lowest BCUT2D eigenvalue weighted by atomic mass is 9.99. The van der Waals surface area contributed by atoms with Gasteiger partial charge in [-0.1, -0.05) is 39.3 Å². The number of hydrogen-bond donors (Lipinski definition) is 2. The summed E-state index contributed by atoms with van der Waals surface area (Å²) < 4.78 is 30.1. The highest BCUT2D eigenvalue weighted by Crippen LogP contribution is 2.30. The summed E-state index contributed by atoms with van der Waals surface area (Å²) in [6.45, 7) is 5.51. The number of amides is 1. The van der Waals surface area contributed by atoms with Crippen molar-refractivity contribution in [3.8, 4) is 11.5 Å². The molecule has 2 atom stereocenters. The van der Waals surface area contributed by atoms with Crippen LogP contribution >= 0.6 is 12.4 Å². The average Bonchev–Trinajstić information content (AvgIpc) is 2.68. The molecule has 2 unspecified atom stereocenters. The number of para-hydroxylation sites is 1. The van der Waals surface area contributed by atoms with Gasteiger partial charge in [-0.2, -0.15) is 0 Å².